The molecule has 0 saturated heterocycles. The lowest BCUT2D eigenvalue weighted by atomic mass is 10.3. The maximum Gasteiger partial charge on any atom is 0.244 e. The molecule has 0 spiro atoms. The number of anilines is 4. The molecule has 4 aromatic heterocycles. The second kappa shape index (κ2) is 6.80. The summed E-state index contributed by atoms with van der Waals surface area (Å²) in [6, 6.07) is 0. The highest BCUT2D eigenvalue weighted by Crippen LogP contribution is 2.31. The van der Waals surface area contributed by atoms with Gasteiger partial charge >= 0.3 is 0 Å². The Bertz CT molecular complexity index is 1260. The molecule has 140 valence electrons. The standard InChI is InChI=1S/C19H17N7O2/c1-3-10-7-27-18(14(10)20)25-16-12-5-22-6-13(12)17(24-9-23-16)26-19-15(21)11(4-2)8-28-19/h3-9,22H,1-2,20-21H2,(H,23,24,25,26). The van der Waals surface area contributed by atoms with Gasteiger partial charge in [0.15, 0.2) is 5.49 Å². The minimum atomic E-state index is 0.247. The van der Waals surface area contributed by atoms with Crippen LogP contribution in [0.25, 0.3) is 22.9 Å². The van der Waals surface area contributed by atoms with E-state index < -0.39 is 0 Å². The fourth-order valence-corrected chi connectivity index (χ4v) is 2.67. The summed E-state index contributed by atoms with van der Waals surface area (Å²) < 4.78 is 10.9. The van der Waals surface area contributed by atoms with Crippen LogP contribution in [0.3, 0.4) is 0 Å². The van der Waals surface area contributed by atoms with E-state index in [2.05, 4.69) is 38.4 Å². The summed E-state index contributed by atoms with van der Waals surface area (Å²) in [6.07, 6.45) is 11.1. The first-order chi connectivity index (χ1) is 13.6. The van der Waals surface area contributed by atoms with E-state index in [9.17, 15) is 0 Å². The zero-order chi connectivity index (χ0) is 19.7. The molecule has 4 aromatic rings. The molecule has 0 bridgehead atoms. The van der Waals surface area contributed by atoms with Gasteiger partial charge in [0.1, 0.15) is 36.0 Å². The number of nitrogen functional groups attached to an aromatic ring is 2. The third-order valence-corrected chi connectivity index (χ3v) is 4.19. The molecule has 0 radical (unpaired) electrons. The van der Waals surface area contributed by atoms with Crippen LogP contribution in [0.4, 0.5) is 29.0 Å². The van der Waals surface area contributed by atoms with Crippen molar-refractivity contribution in [2.75, 3.05) is 16.8 Å². The summed E-state index contributed by atoms with van der Waals surface area (Å²) in [6.45, 7) is 7.38. The van der Waals surface area contributed by atoms with Gasteiger partial charge in [-0.2, -0.15) is 4.99 Å². The molecule has 0 aliphatic rings. The van der Waals surface area contributed by atoms with Crippen LogP contribution in [0, 0.1) is 0 Å². The number of fused-ring (bicyclic) bond motifs is 1. The van der Waals surface area contributed by atoms with Crippen molar-refractivity contribution in [3.8, 4) is 0 Å². The predicted octanol–water partition coefficient (Wildman–Crippen LogP) is 3.57. The molecular formula is C19H17N7O2. The van der Waals surface area contributed by atoms with Crippen molar-refractivity contribution in [1.82, 2.24) is 15.0 Å². The molecule has 4 rings (SSSR count). The minimum absolute atomic E-state index is 0.247. The van der Waals surface area contributed by atoms with Crippen LogP contribution < -0.4 is 22.3 Å². The van der Waals surface area contributed by atoms with Gasteiger partial charge in [-0.05, 0) is 0 Å². The zero-order valence-corrected chi connectivity index (χ0v) is 14.8. The Balaban J connectivity index is 1.85. The summed E-state index contributed by atoms with van der Waals surface area (Å²) in [5, 5.41) is 4.50. The molecule has 0 saturated carbocycles. The number of hydrogen-bond donors (Lipinski definition) is 4. The minimum Gasteiger partial charge on any atom is -0.446 e. The van der Waals surface area contributed by atoms with Crippen LogP contribution in [0.2, 0.25) is 0 Å². The Hall–Kier alpha value is -4.27. The van der Waals surface area contributed by atoms with Crippen molar-refractivity contribution < 1.29 is 8.83 Å². The third-order valence-electron chi connectivity index (χ3n) is 4.19. The van der Waals surface area contributed by atoms with Gasteiger partial charge in [-0.25, -0.2) is 9.97 Å². The van der Waals surface area contributed by atoms with Gasteiger partial charge < -0.3 is 30.6 Å². The summed E-state index contributed by atoms with van der Waals surface area (Å²) in [5.41, 5.74) is 14.6. The number of hydrogen-bond acceptors (Lipinski definition) is 8. The molecule has 0 aliphatic heterocycles. The first-order valence-corrected chi connectivity index (χ1v) is 8.24. The molecule has 0 unspecified atom stereocenters. The van der Waals surface area contributed by atoms with Crippen LogP contribution >= 0.6 is 0 Å². The van der Waals surface area contributed by atoms with Gasteiger partial charge in [0.25, 0.3) is 0 Å². The van der Waals surface area contributed by atoms with Crippen molar-refractivity contribution >= 4 is 51.9 Å². The van der Waals surface area contributed by atoms with Crippen LogP contribution in [-0.2, 0) is 0 Å². The first-order valence-electron chi connectivity index (χ1n) is 8.24. The molecule has 0 amide bonds. The maximum absolute atomic E-state index is 6.04. The molecule has 28 heavy (non-hydrogen) atoms. The van der Waals surface area contributed by atoms with Gasteiger partial charge in [-0.3, -0.25) is 0 Å². The van der Waals surface area contributed by atoms with E-state index in [0.717, 1.165) is 5.39 Å². The Morgan fingerprint density at radius 2 is 1.71 bits per heavy atom. The van der Waals surface area contributed by atoms with Crippen LogP contribution in [0.15, 0.2) is 58.2 Å². The molecule has 4 heterocycles. The van der Waals surface area contributed by atoms with Crippen molar-refractivity contribution in [2.45, 2.75) is 0 Å². The van der Waals surface area contributed by atoms with Gasteiger partial charge in [0, 0.05) is 34.3 Å². The average molecular weight is 375 g/mol. The van der Waals surface area contributed by atoms with Crippen LogP contribution in [0.5, 0.6) is 0 Å². The van der Waals surface area contributed by atoms with Crippen molar-refractivity contribution in [1.29, 1.82) is 0 Å². The van der Waals surface area contributed by atoms with Gasteiger partial charge in [0.2, 0.25) is 11.8 Å². The number of aromatic amines is 1. The molecule has 0 fully saturated rings. The lowest BCUT2D eigenvalue weighted by molar-refractivity contribution is 0.575. The smallest absolute Gasteiger partial charge is 0.244 e. The van der Waals surface area contributed by atoms with E-state index in [1.54, 1.807) is 24.5 Å². The Morgan fingerprint density at radius 3 is 2.43 bits per heavy atom. The van der Waals surface area contributed by atoms with E-state index in [0.29, 0.717) is 45.1 Å². The highest BCUT2D eigenvalue weighted by Gasteiger charge is 2.13. The summed E-state index contributed by atoms with van der Waals surface area (Å²) in [5.74, 6) is 1.10. The van der Waals surface area contributed by atoms with Gasteiger partial charge in [0.05, 0.1) is 0 Å². The second-order valence-electron chi connectivity index (χ2n) is 5.82. The fourth-order valence-electron chi connectivity index (χ4n) is 2.67. The summed E-state index contributed by atoms with van der Waals surface area (Å²) in [7, 11) is 0. The van der Waals surface area contributed by atoms with Gasteiger partial charge in [-0.15, -0.1) is 0 Å². The van der Waals surface area contributed by atoms with E-state index in [-0.39, 0.29) is 5.88 Å². The Kier molecular flexibility index (Phi) is 4.17. The molecule has 0 aliphatic carbocycles. The Morgan fingerprint density at radius 1 is 1.00 bits per heavy atom. The van der Waals surface area contributed by atoms with Crippen LogP contribution in [0.1, 0.15) is 11.1 Å². The summed E-state index contributed by atoms with van der Waals surface area (Å²) >= 11 is 0. The molecule has 0 atom stereocenters. The average Bonchev–Trinajstić information content (AvgIpc) is 3.37. The quantitative estimate of drug-likeness (QED) is 0.417. The predicted molar refractivity (Wildman–Crippen MR) is 109 cm³/mol. The van der Waals surface area contributed by atoms with Crippen molar-refractivity contribution in [2.24, 2.45) is 4.99 Å². The largest absolute Gasteiger partial charge is 0.446 e. The topological polar surface area (TPSA) is 144 Å². The SMILES string of the molecule is C=Cc1coc(/N=c2\ncnc(Nc3occ(C=C)c3N)c3c[nH]cc23)c1N. The first kappa shape index (κ1) is 17.2. The second-order valence-corrected chi connectivity index (χ2v) is 5.82. The number of rotatable bonds is 5. The van der Waals surface area contributed by atoms with Gasteiger partial charge in [-0.1, -0.05) is 25.3 Å². The zero-order valence-electron chi connectivity index (χ0n) is 14.8. The molecule has 9 nitrogen and oxygen atoms in total. The lowest BCUT2D eigenvalue weighted by Gasteiger charge is -2.02. The number of aromatic nitrogens is 3. The number of furan rings is 2. The van der Waals surface area contributed by atoms with Crippen LogP contribution in [-0.4, -0.2) is 15.0 Å². The number of nitrogens with one attached hydrogen (secondary N) is 2. The highest BCUT2D eigenvalue weighted by molar-refractivity contribution is 5.92. The molecular weight excluding hydrogens is 358 g/mol. The molecule has 6 N–H and O–H groups in total. The van der Waals surface area contributed by atoms with Crippen molar-refractivity contribution in [3.63, 3.8) is 0 Å². The molecule has 0 aromatic carbocycles. The number of nitrogens with two attached hydrogens (primary N) is 2. The van der Waals surface area contributed by atoms with E-state index >= 15 is 0 Å². The Labute approximate surface area is 159 Å². The summed E-state index contributed by atoms with van der Waals surface area (Å²) in [4.78, 5) is 16.1. The maximum atomic E-state index is 6.04. The monoisotopic (exact) mass is 375 g/mol. The lowest BCUT2D eigenvalue weighted by Crippen LogP contribution is -2.03. The van der Waals surface area contributed by atoms with E-state index in [1.807, 2.05) is 0 Å². The third kappa shape index (κ3) is 2.80. The molecule has 9 heteroatoms. The van der Waals surface area contributed by atoms with E-state index in [1.165, 1.54) is 18.9 Å². The highest BCUT2D eigenvalue weighted by atomic mass is 16.3. The van der Waals surface area contributed by atoms with Crippen molar-refractivity contribution in [3.05, 3.63) is 61.0 Å². The number of H-pyrrole nitrogens is 1. The number of nitrogens with zero attached hydrogens (tertiary/aromatic N) is 3. The van der Waals surface area contributed by atoms with E-state index in [4.69, 9.17) is 20.3 Å². The normalized spacial score (nSPS) is 11.6. The fraction of sp³-hybridized carbons (Fsp3) is 0.